The molecule has 1 aromatic rings. The fourth-order valence-corrected chi connectivity index (χ4v) is 3.04. The van der Waals surface area contributed by atoms with Gasteiger partial charge in [0.2, 0.25) is 5.91 Å². The van der Waals surface area contributed by atoms with Gasteiger partial charge in [0, 0.05) is 12.1 Å². The molecule has 0 bridgehead atoms. The molecule has 0 saturated carbocycles. The average Bonchev–Trinajstić information content (AvgIpc) is 2.34. The highest BCUT2D eigenvalue weighted by Crippen LogP contribution is 2.35. The number of rotatable bonds is 6. The van der Waals surface area contributed by atoms with E-state index < -0.39 is 26.7 Å². The zero-order valence-corrected chi connectivity index (χ0v) is 11.9. The number of nitrogens with two attached hydrogens (primary N) is 1. The molecule has 0 aromatic heterocycles. The van der Waals surface area contributed by atoms with Crippen molar-refractivity contribution in [2.24, 2.45) is 11.7 Å². The molecule has 0 heterocycles. The Morgan fingerprint density at radius 2 is 2.15 bits per heavy atom. The van der Waals surface area contributed by atoms with Gasteiger partial charge in [-0.1, -0.05) is 26.0 Å². The number of primary amides is 1. The molecule has 110 valence electrons. The van der Waals surface area contributed by atoms with Gasteiger partial charge in [-0.2, -0.15) is 0 Å². The smallest absolute Gasteiger partial charge is 0.269 e. The molecule has 20 heavy (non-hydrogen) atoms. The summed E-state index contributed by atoms with van der Waals surface area (Å²) < 4.78 is 19.4. The third kappa shape index (κ3) is 3.02. The van der Waals surface area contributed by atoms with Gasteiger partial charge in [0.1, 0.15) is 0 Å². The number of carbonyl (C=O) groups excluding carboxylic acids is 1. The van der Waals surface area contributed by atoms with E-state index in [0.29, 0.717) is 0 Å². The molecule has 0 saturated heterocycles. The van der Waals surface area contributed by atoms with Crippen LogP contribution in [-0.4, -0.2) is 19.6 Å². The van der Waals surface area contributed by atoms with Gasteiger partial charge in [0.05, 0.1) is 4.92 Å². The summed E-state index contributed by atoms with van der Waals surface area (Å²) >= 11 is -2.58. The molecule has 0 aliphatic carbocycles. The van der Waals surface area contributed by atoms with E-state index in [1.165, 1.54) is 18.2 Å². The predicted octanol–water partition coefficient (Wildman–Crippen LogP) is 1.54. The lowest BCUT2D eigenvalue weighted by Crippen LogP contribution is -2.45. The van der Waals surface area contributed by atoms with E-state index in [2.05, 4.69) is 0 Å². The second kappa shape index (κ2) is 6.10. The molecule has 2 atom stereocenters. The normalized spacial score (nSPS) is 15.6. The minimum atomic E-state index is -2.58. The Morgan fingerprint density at radius 1 is 1.55 bits per heavy atom. The van der Waals surface area contributed by atoms with Crippen molar-refractivity contribution in [3.05, 3.63) is 39.9 Å². The van der Waals surface area contributed by atoms with Crippen molar-refractivity contribution in [1.29, 1.82) is 0 Å². The lowest BCUT2D eigenvalue weighted by Gasteiger charge is -2.28. The third-order valence-electron chi connectivity index (χ3n) is 2.92. The second-order valence-electron chi connectivity index (χ2n) is 4.85. The Morgan fingerprint density at radius 3 is 2.55 bits per heavy atom. The van der Waals surface area contributed by atoms with Gasteiger partial charge >= 0.3 is 0 Å². The van der Waals surface area contributed by atoms with Crippen LogP contribution in [0.1, 0.15) is 25.8 Å². The summed E-state index contributed by atoms with van der Waals surface area (Å²) in [7, 11) is 0. The largest absolute Gasteiger partial charge is 0.368 e. The van der Waals surface area contributed by atoms with Crippen molar-refractivity contribution in [2.75, 3.05) is 0 Å². The van der Waals surface area contributed by atoms with Gasteiger partial charge in [-0.3, -0.25) is 14.9 Å². The SMILES string of the molecule is CC(C)CC(C(N)=O)(c1cccc([N+](=O)[O-])c1)S(=O)O. The average molecular weight is 300 g/mol. The fraction of sp³-hybridized carbons (Fsp3) is 0.417. The van der Waals surface area contributed by atoms with E-state index in [-0.39, 0.29) is 23.6 Å². The van der Waals surface area contributed by atoms with E-state index in [9.17, 15) is 23.7 Å². The number of hydrogen-bond acceptors (Lipinski definition) is 4. The van der Waals surface area contributed by atoms with Crippen LogP contribution in [0.5, 0.6) is 0 Å². The van der Waals surface area contributed by atoms with Gasteiger partial charge in [-0.25, -0.2) is 4.21 Å². The number of amides is 1. The lowest BCUT2D eigenvalue weighted by atomic mass is 9.88. The van der Waals surface area contributed by atoms with Crippen molar-refractivity contribution in [1.82, 2.24) is 0 Å². The predicted molar refractivity (Wildman–Crippen MR) is 74.2 cm³/mol. The summed E-state index contributed by atoms with van der Waals surface area (Å²) in [5, 5.41) is 10.8. The molecule has 1 aromatic carbocycles. The Bertz CT molecular complexity index is 545. The van der Waals surface area contributed by atoms with Crippen LogP contribution in [0.3, 0.4) is 0 Å². The van der Waals surface area contributed by atoms with Crippen LogP contribution in [0.15, 0.2) is 24.3 Å². The first-order chi connectivity index (χ1) is 9.21. The number of hydrogen-bond donors (Lipinski definition) is 2. The summed E-state index contributed by atoms with van der Waals surface area (Å²) in [6.07, 6.45) is 0.0204. The Balaban J connectivity index is 3.51. The first-order valence-electron chi connectivity index (χ1n) is 5.87. The highest BCUT2D eigenvalue weighted by atomic mass is 32.2. The highest BCUT2D eigenvalue weighted by Gasteiger charge is 2.46. The van der Waals surface area contributed by atoms with Crippen LogP contribution in [0.4, 0.5) is 5.69 Å². The molecule has 8 heteroatoms. The summed E-state index contributed by atoms with van der Waals surface area (Å²) in [5.74, 6) is -1.08. The summed E-state index contributed by atoms with van der Waals surface area (Å²) in [6, 6.07) is 5.11. The summed E-state index contributed by atoms with van der Waals surface area (Å²) in [5.41, 5.74) is 5.13. The van der Waals surface area contributed by atoms with E-state index in [1.54, 1.807) is 13.8 Å². The zero-order chi connectivity index (χ0) is 15.5. The van der Waals surface area contributed by atoms with Crippen LogP contribution in [0.25, 0.3) is 0 Å². The summed E-state index contributed by atoms with van der Waals surface area (Å²) in [6.45, 7) is 3.53. The first-order valence-corrected chi connectivity index (χ1v) is 6.98. The van der Waals surface area contributed by atoms with Crippen LogP contribution >= 0.6 is 0 Å². The number of benzene rings is 1. The minimum absolute atomic E-state index is 0.0204. The van der Waals surface area contributed by atoms with Gasteiger partial charge in [-0.15, -0.1) is 0 Å². The maximum absolute atomic E-state index is 11.8. The zero-order valence-electron chi connectivity index (χ0n) is 11.1. The molecule has 3 N–H and O–H groups in total. The fourth-order valence-electron chi connectivity index (χ4n) is 2.06. The minimum Gasteiger partial charge on any atom is -0.368 e. The molecule has 0 spiro atoms. The molecule has 0 aliphatic heterocycles. The molecule has 7 nitrogen and oxygen atoms in total. The number of nitro groups is 1. The Hall–Kier alpha value is -1.80. The molecule has 0 radical (unpaired) electrons. The molecule has 1 amide bonds. The first kappa shape index (κ1) is 16.3. The van der Waals surface area contributed by atoms with Crippen LogP contribution < -0.4 is 5.73 Å². The molecule has 0 aliphatic rings. The highest BCUT2D eigenvalue weighted by molar-refractivity contribution is 7.81. The third-order valence-corrected chi connectivity index (χ3v) is 4.11. The Labute approximate surface area is 118 Å². The topological polar surface area (TPSA) is 124 Å². The van der Waals surface area contributed by atoms with Gasteiger partial charge in [0.15, 0.2) is 15.8 Å². The molecular formula is C12H16N2O5S. The van der Waals surface area contributed by atoms with Crippen molar-refractivity contribution >= 4 is 22.7 Å². The monoisotopic (exact) mass is 300 g/mol. The summed E-state index contributed by atoms with van der Waals surface area (Å²) in [4.78, 5) is 21.9. The molecular weight excluding hydrogens is 284 g/mol. The van der Waals surface area contributed by atoms with Gasteiger partial charge in [0.25, 0.3) is 5.69 Å². The van der Waals surface area contributed by atoms with Crippen molar-refractivity contribution in [3.8, 4) is 0 Å². The van der Waals surface area contributed by atoms with Crippen molar-refractivity contribution in [2.45, 2.75) is 25.0 Å². The second-order valence-corrected chi connectivity index (χ2v) is 6.04. The van der Waals surface area contributed by atoms with Gasteiger partial charge in [-0.05, 0) is 17.9 Å². The van der Waals surface area contributed by atoms with E-state index in [4.69, 9.17) is 5.73 Å². The van der Waals surface area contributed by atoms with Crippen LogP contribution in [0.2, 0.25) is 0 Å². The molecule has 1 rings (SSSR count). The number of non-ortho nitro benzene ring substituents is 1. The van der Waals surface area contributed by atoms with Crippen molar-refractivity contribution in [3.63, 3.8) is 0 Å². The standard InChI is InChI=1S/C12H16N2O5S/c1-8(2)7-12(11(13)15,20(18)19)9-4-3-5-10(6-9)14(16)17/h3-6,8H,7H2,1-2H3,(H2,13,15)(H,18,19). The van der Waals surface area contributed by atoms with E-state index in [1.807, 2.05) is 0 Å². The van der Waals surface area contributed by atoms with E-state index in [0.717, 1.165) is 6.07 Å². The quantitative estimate of drug-likeness (QED) is 0.468. The van der Waals surface area contributed by atoms with E-state index >= 15 is 0 Å². The maximum Gasteiger partial charge on any atom is 0.269 e. The molecule has 2 unspecified atom stereocenters. The number of nitrogens with zero attached hydrogens (tertiary/aromatic N) is 1. The Kier molecular flexibility index (Phi) is 4.96. The number of carbonyl (C=O) groups is 1. The van der Waals surface area contributed by atoms with Crippen molar-refractivity contribution < 1.29 is 18.5 Å². The van der Waals surface area contributed by atoms with Gasteiger partial charge < -0.3 is 10.3 Å². The molecule has 0 fully saturated rings. The number of nitro benzene ring substituents is 1. The maximum atomic E-state index is 11.8. The lowest BCUT2D eigenvalue weighted by molar-refractivity contribution is -0.384. The van der Waals surface area contributed by atoms with Crippen LogP contribution in [-0.2, 0) is 20.6 Å². The van der Waals surface area contributed by atoms with Crippen LogP contribution in [0, 0.1) is 16.0 Å².